The van der Waals surface area contributed by atoms with E-state index in [2.05, 4.69) is 203 Å². The van der Waals surface area contributed by atoms with Gasteiger partial charge in [-0.3, -0.25) is 0 Å². The second-order valence-electron chi connectivity index (χ2n) is 20.7. The Balaban J connectivity index is 0.000000311. The molecule has 0 saturated carbocycles. The molecule has 2 heterocycles. The largest absolute Gasteiger partial charge is 1.00 e. The van der Waals surface area contributed by atoms with Crippen LogP contribution in [0.25, 0.3) is 33.6 Å². The third kappa shape index (κ3) is 13.4. The van der Waals surface area contributed by atoms with E-state index in [-0.39, 0.29) is 49.0 Å². The fourth-order valence-corrected chi connectivity index (χ4v) is 9.16. The van der Waals surface area contributed by atoms with Crippen LogP contribution in [0.15, 0.2) is 128 Å². The van der Waals surface area contributed by atoms with Crippen molar-refractivity contribution in [3.63, 3.8) is 0 Å². The standard InChI is InChI=1S/2C27H36N3.C7H8.2Li/c2*1-17(2)21-11-9-12-22(18(3)4)25(21)29-15-16-30(27(29)28)26-23(19(5)6)13-10-14-24(26)20(7)8;1-7-5-3-2-4-6-7;;/h2*9-20H,1-8H3;2-6H,1H3;;/q2*-1;;2*+1. The minimum Gasteiger partial charge on any atom is -0.374 e. The van der Waals surface area contributed by atoms with Crippen LogP contribution in [0, 0.1) is 6.92 Å². The van der Waals surface area contributed by atoms with Crippen molar-refractivity contribution >= 4 is 0 Å². The van der Waals surface area contributed by atoms with Gasteiger partial charge in [0, 0.05) is 11.2 Å². The van der Waals surface area contributed by atoms with Gasteiger partial charge in [-0.1, -0.05) is 219 Å². The first-order chi connectivity index (χ1) is 31.7. The van der Waals surface area contributed by atoms with Crippen molar-refractivity contribution in [1.82, 2.24) is 18.3 Å². The molecule has 5 aromatic carbocycles. The smallest absolute Gasteiger partial charge is 0.374 e. The molecule has 0 saturated heterocycles. The van der Waals surface area contributed by atoms with Crippen LogP contribution in [-0.2, 0) is 0 Å². The second kappa shape index (κ2) is 26.0. The van der Waals surface area contributed by atoms with Gasteiger partial charge < -0.3 is 29.1 Å². The molecule has 356 valence electrons. The van der Waals surface area contributed by atoms with Gasteiger partial charge in [0.05, 0.1) is 0 Å². The van der Waals surface area contributed by atoms with Crippen molar-refractivity contribution in [1.29, 1.82) is 0 Å². The number of imidazole rings is 2. The average Bonchev–Trinajstić information content (AvgIpc) is 3.86. The van der Waals surface area contributed by atoms with Crippen molar-refractivity contribution in [2.24, 2.45) is 0 Å². The Morgan fingerprint density at radius 1 is 0.275 bits per heavy atom. The summed E-state index contributed by atoms with van der Waals surface area (Å²) in [5.74, 6) is 2.91. The SMILES string of the molecule is CC(C)c1cccc(C(C)C)c1-n1ccn(-c2c(C(C)C)cccc2C(C)C)c1=[N-].CC(C)c1cccc(C(C)C)c1-n1ccn(-c2c(C(C)C)cccc2C(C)C)c1=[N-].Cc1ccccc1.[Li+].[Li+]. The Kier molecular flexibility index (Phi) is 22.1. The predicted octanol–water partition coefficient (Wildman–Crippen LogP) is 10.5. The van der Waals surface area contributed by atoms with Gasteiger partial charge >= 0.3 is 37.7 Å². The first-order valence-electron chi connectivity index (χ1n) is 24.9. The summed E-state index contributed by atoms with van der Waals surface area (Å²) in [5, 5.41) is 23.0. The molecular formula is C61H80Li2N6. The van der Waals surface area contributed by atoms with E-state index in [4.69, 9.17) is 0 Å². The molecule has 0 bridgehead atoms. The maximum Gasteiger partial charge on any atom is 1.00 e. The summed E-state index contributed by atoms with van der Waals surface area (Å²) in [6.45, 7) is 37.5. The molecule has 0 aliphatic carbocycles. The maximum absolute atomic E-state index is 11.5. The molecule has 0 spiro atoms. The first-order valence-corrected chi connectivity index (χ1v) is 24.9. The summed E-state index contributed by atoms with van der Waals surface area (Å²) in [6.07, 6.45) is 8.01. The molecule has 0 fully saturated rings. The van der Waals surface area contributed by atoms with Gasteiger partial charge in [-0.15, -0.1) is 0 Å². The van der Waals surface area contributed by atoms with Gasteiger partial charge in [0.25, 0.3) is 0 Å². The molecule has 0 atom stereocenters. The van der Waals surface area contributed by atoms with Crippen LogP contribution in [0.2, 0.25) is 0 Å². The zero-order valence-corrected chi connectivity index (χ0v) is 45.9. The number of nitrogens with zero attached hydrogens (tertiary/aromatic N) is 6. The third-order valence-electron chi connectivity index (χ3n) is 12.9. The number of aromatic nitrogens is 4. The molecular weight excluding hydrogens is 831 g/mol. The molecule has 7 aromatic rings. The molecule has 8 heteroatoms. The van der Waals surface area contributed by atoms with Crippen molar-refractivity contribution < 1.29 is 37.7 Å². The minimum absolute atomic E-state index is 0. The van der Waals surface area contributed by atoms with Gasteiger partial charge in [0.2, 0.25) is 0 Å². The molecule has 0 amide bonds. The van der Waals surface area contributed by atoms with E-state index < -0.39 is 0 Å². The summed E-state index contributed by atoms with van der Waals surface area (Å²) in [6, 6.07) is 36.2. The molecule has 0 aliphatic rings. The zero-order chi connectivity index (χ0) is 49.4. The number of rotatable bonds is 12. The fourth-order valence-electron chi connectivity index (χ4n) is 9.16. The Bertz CT molecular complexity index is 2380. The maximum atomic E-state index is 11.5. The van der Waals surface area contributed by atoms with Gasteiger partial charge in [-0.2, -0.15) is 0 Å². The number of benzene rings is 5. The summed E-state index contributed by atoms with van der Waals surface area (Å²) in [4.78, 5) is 0. The number of hydrogen-bond acceptors (Lipinski definition) is 0. The van der Waals surface area contributed by atoms with Crippen molar-refractivity contribution in [2.45, 2.75) is 165 Å². The molecule has 7 rings (SSSR count). The molecule has 0 radical (unpaired) electrons. The van der Waals surface area contributed by atoms with Crippen LogP contribution in [0.1, 0.15) is 208 Å². The predicted molar refractivity (Wildman–Crippen MR) is 287 cm³/mol. The molecule has 0 N–H and O–H groups in total. The average molecular weight is 911 g/mol. The van der Waals surface area contributed by atoms with E-state index >= 15 is 0 Å². The molecule has 69 heavy (non-hydrogen) atoms. The summed E-state index contributed by atoms with van der Waals surface area (Å²) >= 11 is 0. The van der Waals surface area contributed by atoms with E-state index in [0.29, 0.717) is 47.3 Å². The summed E-state index contributed by atoms with van der Waals surface area (Å²) in [5.41, 5.74) is 16.2. The molecule has 0 unspecified atom stereocenters. The zero-order valence-electron chi connectivity index (χ0n) is 45.9. The first kappa shape index (κ1) is 58.6. The van der Waals surface area contributed by atoms with Crippen molar-refractivity contribution in [3.8, 4) is 22.7 Å². The summed E-state index contributed by atoms with van der Waals surface area (Å²) in [7, 11) is 0. The minimum atomic E-state index is 0. The summed E-state index contributed by atoms with van der Waals surface area (Å²) < 4.78 is 7.86. The van der Waals surface area contributed by atoms with E-state index in [1.54, 1.807) is 0 Å². The second-order valence-corrected chi connectivity index (χ2v) is 20.7. The normalized spacial score (nSPS) is 11.3. The monoisotopic (exact) mass is 911 g/mol. The topological polar surface area (TPSA) is 64.3 Å². The molecule has 2 aromatic heterocycles. The Hall–Kier alpha value is -4.69. The van der Waals surface area contributed by atoms with Crippen LogP contribution in [0.3, 0.4) is 0 Å². The Morgan fingerprint density at radius 2 is 0.449 bits per heavy atom. The van der Waals surface area contributed by atoms with Gasteiger partial charge in [-0.25, -0.2) is 0 Å². The number of para-hydroxylation sites is 4. The number of aryl methyl sites for hydroxylation is 1. The van der Waals surface area contributed by atoms with Crippen LogP contribution in [0.5, 0.6) is 0 Å². The van der Waals surface area contributed by atoms with Crippen LogP contribution < -0.4 is 49.0 Å². The van der Waals surface area contributed by atoms with E-state index in [9.17, 15) is 10.8 Å². The van der Waals surface area contributed by atoms with Crippen LogP contribution in [0.4, 0.5) is 0 Å². The van der Waals surface area contributed by atoms with Gasteiger partial charge in [0.15, 0.2) is 0 Å². The Morgan fingerprint density at radius 3 is 0.580 bits per heavy atom. The van der Waals surface area contributed by atoms with Crippen molar-refractivity contribution in [3.05, 3.63) is 200 Å². The third-order valence-corrected chi connectivity index (χ3v) is 12.9. The molecule has 0 aliphatic heterocycles. The van der Waals surface area contributed by atoms with E-state index in [1.165, 1.54) is 50.1 Å². The van der Waals surface area contributed by atoms with Crippen LogP contribution >= 0.6 is 0 Å². The van der Waals surface area contributed by atoms with Gasteiger partial charge in [-0.05, 0) is 146 Å². The van der Waals surface area contributed by atoms with Crippen molar-refractivity contribution in [2.75, 3.05) is 0 Å². The van der Waals surface area contributed by atoms with E-state index in [1.807, 2.05) is 61.3 Å². The van der Waals surface area contributed by atoms with E-state index in [0.717, 1.165) is 22.7 Å². The van der Waals surface area contributed by atoms with Crippen LogP contribution in [-0.4, -0.2) is 18.3 Å². The molecule has 6 nitrogen and oxygen atoms in total. The Labute approximate surface area is 441 Å². The van der Waals surface area contributed by atoms with Gasteiger partial charge in [0.1, 0.15) is 0 Å². The quantitative estimate of drug-likeness (QED) is 0.110. The fraction of sp³-hybridized carbons (Fsp3) is 0.410. The number of hydrogen-bond donors (Lipinski definition) is 0.